The number of halogens is 1. The summed E-state index contributed by atoms with van der Waals surface area (Å²) < 4.78 is 0. The van der Waals surface area contributed by atoms with Gasteiger partial charge in [-0.3, -0.25) is 9.59 Å². The second-order valence-electron chi connectivity index (χ2n) is 9.12. The van der Waals surface area contributed by atoms with Crippen LogP contribution < -0.4 is 16.0 Å². The van der Waals surface area contributed by atoms with Gasteiger partial charge in [0.25, 0.3) is 5.91 Å². The van der Waals surface area contributed by atoms with E-state index in [4.69, 9.17) is 17.0 Å². The maximum atomic E-state index is 13.2. The standard InChI is InChI=1S/C27H30ClN7O3/c1-16-4-3-5-17(8-16)23(15-36)33-24(37)14-35-13-19-7-6-18(9-21(19)26(35)38)25-22(28)12-31-27(34-25)32-20(10-29)11-30-2/h5-12,23,29-30,36H,3-4,13-15H2,1-2H3,(H,33,37)(H,31,32,34)/b20-11+,29-10?. The second-order valence-corrected chi connectivity index (χ2v) is 9.52. The highest BCUT2D eigenvalue weighted by atomic mass is 35.5. The molecule has 2 heterocycles. The van der Waals surface area contributed by atoms with Crippen molar-refractivity contribution in [3.63, 3.8) is 0 Å². The van der Waals surface area contributed by atoms with Crippen LogP contribution in [-0.4, -0.2) is 64.2 Å². The summed E-state index contributed by atoms with van der Waals surface area (Å²) in [4.78, 5) is 36.1. The Balaban J connectivity index is 1.48. The first-order chi connectivity index (χ1) is 18.3. The maximum absolute atomic E-state index is 13.2. The molecular formula is C27H30ClN7O3. The SMILES string of the molecule is CN/C=C(\C=N)Nc1ncc(Cl)c(-c2ccc3c(c2)C(=O)N(CC(=O)NC(CO)C2=CCCC(C)=C2)C3)n1. The first-order valence-electron chi connectivity index (χ1n) is 12.2. The topological polar surface area (TPSA) is 143 Å². The molecule has 0 radical (unpaired) electrons. The summed E-state index contributed by atoms with van der Waals surface area (Å²) >= 11 is 6.38. The molecule has 1 unspecified atom stereocenters. The van der Waals surface area contributed by atoms with E-state index in [-0.39, 0.29) is 30.9 Å². The third kappa shape index (κ3) is 6.09. The molecule has 1 atom stereocenters. The third-order valence-electron chi connectivity index (χ3n) is 6.30. The van der Waals surface area contributed by atoms with Crippen molar-refractivity contribution in [3.8, 4) is 11.3 Å². The largest absolute Gasteiger partial charge is 0.394 e. The molecule has 198 valence electrons. The lowest BCUT2D eigenvalue weighted by Crippen LogP contribution is -2.44. The van der Waals surface area contributed by atoms with Crippen LogP contribution in [0.1, 0.15) is 35.7 Å². The fraction of sp³-hybridized carbons (Fsp3) is 0.296. The molecule has 5 N–H and O–H groups in total. The molecule has 2 amide bonds. The van der Waals surface area contributed by atoms with Gasteiger partial charge in [0.1, 0.15) is 6.54 Å². The highest BCUT2D eigenvalue weighted by Gasteiger charge is 2.30. The predicted octanol–water partition coefficient (Wildman–Crippen LogP) is 3.02. The summed E-state index contributed by atoms with van der Waals surface area (Å²) in [5.74, 6) is -0.359. The third-order valence-corrected chi connectivity index (χ3v) is 6.58. The fourth-order valence-corrected chi connectivity index (χ4v) is 4.64. The number of hydrogen-bond donors (Lipinski definition) is 5. The Bertz CT molecular complexity index is 1350. The summed E-state index contributed by atoms with van der Waals surface area (Å²) in [5, 5.41) is 26.2. The number of benzene rings is 1. The predicted molar refractivity (Wildman–Crippen MR) is 147 cm³/mol. The summed E-state index contributed by atoms with van der Waals surface area (Å²) in [6.45, 7) is 1.98. The Kier molecular flexibility index (Phi) is 8.55. The van der Waals surface area contributed by atoms with Crippen molar-refractivity contribution in [3.05, 3.63) is 75.7 Å². The lowest BCUT2D eigenvalue weighted by atomic mass is 9.96. The number of carbonyl (C=O) groups is 2. The number of fused-ring (bicyclic) bond motifs is 1. The van der Waals surface area contributed by atoms with Gasteiger partial charge in [-0.1, -0.05) is 41.5 Å². The zero-order valence-electron chi connectivity index (χ0n) is 21.2. The molecule has 0 spiro atoms. The minimum absolute atomic E-state index is 0.123. The van der Waals surface area contributed by atoms with Crippen molar-refractivity contribution in [2.45, 2.75) is 32.4 Å². The molecule has 2 aromatic rings. The van der Waals surface area contributed by atoms with Crippen molar-refractivity contribution in [1.29, 1.82) is 5.41 Å². The van der Waals surface area contributed by atoms with Crippen molar-refractivity contribution in [2.24, 2.45) is 0 Å². The number of allylic oxidation sites excluding steroid dienone is 3. The van der Waals surface area contributed by atoms with Gasteiger partial charge in [0, 0.05) is 37.1 Å². The molecule has 0 saturated carbocycles. The van der Waals surface area contributed by atoms with E-state index < -0.39 is 6.04 Å². The van der Waals surface area contributed by atoms with Gasteiger partial charge >= 0.3 is 0 Å². The molecular weight excluding hydrogens is 506 g/mol. The average Bonchev–Trinajstić information content (AvgIpc) is 3.22. The molecule has 0 saturated heterocycles. The van der Waals surface area contributed by atoms with Gasteiger partial charge in [-0.2, -0.15) is 0 Å². The number of nitrogens with zero attached hydrogens (tertiary/aromatic N) is 3. The van der Waals surface area contributed by atoms with Crippen LogP contribution in [0.25, 0.3) is 11.3 Å². The number of nitrogens with one attached hydrogen (secondary N) is 4. The number of carbonyl (C=O) groups excluding carboxylic acids is 2. The molecule has 2 aliphatic rings. The van der Waals surface area contributed by atoms with Gasteiger partial charge in [-0.15, -0.1) is 0 Å². The van der Waals surface area contributed by atoms with Crippen LogP contribution in [0, 0.1) is 5.41 Å². The summed E-state index contributed by atoms with van der Waals surface area (Å²) in [6.07, 6.45) is 10.0. The van der Waals surface area contributed by atoms with E-state index in [2.05, 4.69) is 25.9 Å². The molecule has 1 aliphatic carbocycles. The van der Waals surface area contributed by atoms with Gasteiger partial charge in [0.15, 0.2) is 0 Å². The van der Waals surface area contributed by atoms with Crippen LogP contribution in [0.4, 0.5) is 5.95 Å². The Hall–Kier alpha value is -4.02. The molecule has 10 nitrogen and oxygen atoms in total. The highest BCUT2D eigenvalue weighted by Crippen LogP contribution is 2.31. The number of amides is 2. The lowest BCUT2D eigenvalue weighted by molar-refractivity contribution is -0.122. The molecule has 1 aromatic carbocycles. The smallest absolute Gasteiger partial charge is 0.254 e. The van der Waals surface area contributed by atoms with Crippen LogP contribution >= 0.6 is 11.6 Å². The summed E-state index contributed by atoms with van der Waals surface area (Å²) in [6, 6.07) is 4.85. The molecule has 0 fully saturated rings. The van der Waals surface area contributed by atoms with Crippen molar-refractivity contribution in [2.75, 3.05) is 25.5 Å². The Morgan fingerprint density at radius 3 is 2.89 bits per heavy atom. The Morgan fingerprint density at radius 1 is 1.37 bits per heavy atom. The molecule has 0 bridgehead atoms. The van der Waals surface area contributed by atoms with Crippen LogP contribution in [-0.2, 0) is 11.3 Å². The molecule has 1 aliphatic heterocycles. The zero-order valence-corrected chi connectivity index (χ0v) is 22.0. The second kappa shape index (κ2) is 12.0. The quantitative estimate of drug-likeness (QED) is 0.294. The van der Waals surface area contributed by atoms with E-state index in [9.17, 15) is 14.7 Å². The van der Waals surface area contributed by atoms with Crippen molar-refractivity contribution >= 4 is 35.6 Å². The number of aliphatic hydroxyl groups is 1. The van der Waals surface area contributed by atoms with E-state index in [1.807, 2.05) is 31.2 Å². The normalized spacial score (nSPS) is 15.8. The molecule has 11 heteroatoms. The van der Waals surface area contributed by atoms with E-state index >= 15 is 0 Å². The number of hydrogen-bond acceptors (Lipinski definition) is 8. The van der Waals surface area contributed by atoms with Gasteiger partial charge in [0.05, 0.1) is 35.3 Å². The van der Waals surface area contributed by atoms with Crippen LogP contribution in [0.15, 0.2) is 59.6 Å². The van der Waals surface area contributed by atoms with Gasteiger partial charge < -0.3 is 31.4 Å². The van der Waals surface area contributed by atoms with Crippen LogP contribution in [0.5, 0.6) is 0 Å². The summed E-state index contributed by atoms with van der Waals surface area (Å²) in [5.41, 5.74) is 4.86. The molecule has 1 aromatic heterocycles. The van der Waals surface area contributed by atoms with E-state index in [0.717, 1.165) is 30.2 Å². The first-order valence-corrected chi connectivity index (χ1v) is 12.6. The number of aromatic nitrogens is 2. The molecule has 4 rings (SSSR count). The minimum Gasteiger partial charge on any atom is -0.394 e. The minimum atomic E-state index is -0.511. The van der Waals surface area contributed by atoms with Crippen LogP contribution in [0.2, 0.25) is 5.02 Å². The zero-order chi connectivity index (χ0) is 27.2. The Labute approximate surface area is 226 Å². The van der Waals surface area contributed by atoms with E-state index in [0.29, 0.717) is 34.1 Å². The number of aliphatic hydroxyl groups excluding tert-OH is 1. The first kappa shape index (κ1) is 27.0. The Morgan fingerprint density at radius 2 is 2.18 bits per heavy atom. The monoisotopic (exact) mass is 535 g/mol. The highest BCUT2D eigenvalue weighted by molar-refractivity contribution is 6.33. The lowest BCUT2D eigenvalue weighted by Gasteiger charge is -2.22. The van der Waals surface area contributed by atoms with Gasteiger partial charge in [-0.25, -0.2) is 9.97 Å². The van der Waals surface area contributed by atoms with Gasteiger partial charge in [-0.05, 0) is 37.0 Å². The van der Waals surface area contributed by atoms with Gasteiger partial charge in [0.2, 0.25) is 11.9 Å². The van der Waals surface area contributed by atoms with Crippen molar-refractivity contribution in [1.82, 2.24) is 25.5 Å². The van der Waals surface area contributed by atoms with E-state index in [1.165, 1.54) is 16.7 Å². The van der Waals surface area contributed by atoms with Crippen molar-refractivity contribution < 1.29 is 14.7 Å². The number of rotatable bonds is 10. The summed E-state index contributed by atoms with van der Waals surface area (Å²) in [7, 11) is 1.71. The average molecular weight is 536 g/mol. The van der Waals surface area contributed by atoms with Crippen LogP contribution in [0.3, 0.4) is 0 Å². The fourth-order valence-electron chi connectivity index (χ4n) is 4.44. The number of anilines is 1. The molecule has 38 heavy (non-hydrogen) atoms. The van der Waals surface area contributed by atoms with E-state index in [1.54, 1.807) is 19.3 Å². The maximum Gasteiger partial charge on any atom is 0.254 e.